The Morgan fingerprint density at radius 1 is 1.39 bits per heavy atom. The van der Waals surface area contributed by atoms with E-state index in [2.05, 4.69) is 36.5 Å². The molecule has 0 saturated carbocycles. The molecule has 3 rings (SSSR count). The second-order valence-electron chi connectivity index (χ2n) is 5.60. The molecule has 0 aliphatic carbocycles. The summed E-state index contributed by atoms with van der Waals surface area (Å²) in [6.07, 6.45) is 1.77. The third-order valence-electron chi connectivity index (χ3n) is 4.09. The van der Waals surface area contributed by atoms with Crippen LogP contribution in [-0.2, 0) is 4.74 Å². The number of hydrogen-bond acceptors (Lipinski definition) is 10. The van der Waals surface area contributed by atoms with Crippen molar-refractivity contribution in [1.82, 2.24) is 10.3 Å². The Morgan fingerprint density at radius 2 is 2.14 bits per heavy atom. The SMILES string of the molecule is COC(=O)c1c(Br)cccc1C1N=C(NC#N)Nc2nc(N)c(C#N)c(N)c21. The standard InChI is InChI=1S/C17H13BrN8O2/c1-28-16(27)10-7(3-2-4-9(10)18)13-11-12(21)8(5-19)14(22)25-15(11)26-17(24-13)23-6-20/h2-4,13H,1H3,(H6,21,22,23,24,25,26). The van der Waals surface area contributed by atoms with Crippen LogP contribution in [0.1, 0.15) is 33.1 Å². The van der Waals surface area contributed by atoms with E-state index in [1.54, 1.807) is 24.4 Å². The summed E-state index contributed by atoms with van der Waals surface area (Å²) in [5, 5.41) is 23.6. The molecule has 10 nitrogen and oxygen atoms in total. The molecule has 28 heavy (non-hydrogen) atoms. The van der Waals surface area contributed by atoms with Crippen LogP contribution in [-0.4, -0.2) is 24.0 Å². The summed E-state index contributed by atoms with van der Waals surface area (Å²) in [5.74, 6) is -0.338. The number of aliphatic imine (C=N–C) groups is 1. The topological polar surface area (TPSA) is 175 Å². The monoisotopic (exact) mass is 440 g/mol. The van der Waals surface area contributed by atoms with Gasteiger partial charge >= 0.3 is 5.97 Å². The van der Waals surface area contributed by atoms with Crippen molar-refractivity contribution in [3.05, 3.63) is 44.9 Å². The van der Waals surface area contributed by atoms with Gasteiger partial charge in [0.2, 0.25) is 5.96 Å². The number of esters is 1. The number of anilines is 3. The van der Waals surface area contributed by atoms with E-state index >= 15 is 0 Å². The Balaban J connectivity index is 2.34. The number of carbonyl (C=O) groups is 1. The predicted octanol–water partition coefficient (Wildman–Crippen LogP) is 1.61. The molecule has 1 atom stereocenters. The first-order chi connectivity index (χ1) is 13.4. The molecule has 0 fully saturated rings. The number of nitrogen functional groups attached to an aromatic ring is 2. The van der Waals surface area contributed by atoms with Gasteiger partial charge in [-0.15, -0.1) is 0 Å². The first-order valence-electron chi connectivity index (χ1n) is 7.78. The van der Waals surface area contributed by atoms with Gasteiger partial charge in [0.05, 0.1) is 18.4 Å². The number of aromatic nitrogens is 1. The number of hydrogen-bond donors (Lipinski definition) is 4. The van der Waals surface area contributed by atoms with Crippen molar-refractivity contribution in [2.24, 2.45) is 4.99 Å². The van der Waals surface area contributed by atoms with E-state index in [0.29, 0.717) is 15.6 Å². The number of halogens is 1. The molecule has 11 heteroatoms. The van der Waals surface area contributed by atoms with Gasteiger partial charge in [0.1, 0.15) is 29.3 Å². The molecule has 2 aromatic rings. The van der Waals surface area contributed by atoms with Crippen LogP contribution in [0.2, 0.25) is 0 Å². The number of nitriles is 2. The van der Waals surface area contributed by atoms with Crippen molar-refractivity contribution in [1.29, 1.82) is 10.5 Å². The fraction of sp³-hybridized carbons (Fsp3) is 0.118. The van der Waals surface area contributed by atoms with Crippen LogP contribution < -0.4 is 22.1 Å². The average molecular weight is 441 g/mol. The summed E-state index contributed by atoms with van der Waals surface area (Å²) in [5.41, 5.74) is 13.1. The molecule has 1 aliphatic rings. The van der Waals surface area contributed by atoms with E-state index in [9.17, 15) is 10.1 Å². The molecule has 0 amide bonds. The van der Waals surface area contributed by atoms with Gasteiger partial charge in [-0.1, -0.05) is 12.1 Å². The highest BCUT2D eigenvalue weighted by atomic mass is 79.9. The van der Waals surface area contributed by atoms with E-state index in [1.165, 1.54) is 7.11 Å². The van der Waals surface area contributed by atoms with E-state index in [4.69, 9.17) is 21.5 Å². The first kappa shape index (κ1) is 18.9. The molecule has 6 N–H and O–H groups in total. The molecule has 0 bridgehead atoms. The highest BCUT2D eigenvalue weighted by Gasteiger charge is 2.32. The van der Waals surface area contributed by atoms with Gasteiger partial charge < -0.3 is 21.5 Å². The zero-order valence-electron chi connectivity index (χ0n) is 14.4. The maximum absolute atomic E-state index is 12.4. The van der Waals surface area contributed by atoms with Gasteiger partial charge in [0.25, 0.3) is 0 Å². The Hall–Kier alpha value is -3.83. The lowest BCUT2D eigenvalue weighted by atomic mass is 9.92. The van der Waals surface area contributed by atoms with Gasteiger partial charge in [-0.05, 0) is 27.6 Å². The molecule has 1 unspecified atom stereocenters. The van der Waals surface area contributed by atoms with Crippen LogP contribution in [0.25, 0.3) is 0 Å². The fourth-order valence-corrected chi connectivity index (χ4v) is 3.44. The highest BCUT2D eigenvalue weighted by molar-refractivity contribution is 9.10. The van der Waals surface area contributed by atoms with Gasteiger partial charge in [-0.25, -0.2) is 14.8 Å². The van der Waals surface area contributed by atoms with Crippen molar-refractivity contribution in [2.45, 2.75) is 6.04 Å². The highest BCUT2D eigenvalue weighted by Crippen LogP contribution is 2.42. The van der Waals surface area contributed by atoms with Crippen molar-refractivity contribution in [3.8, 4) is 12.3 Å². The zero-order valence-corrected chi connectivity index (χ0v) is 16.0. The number of carbonyl (C=O) groups excluding carboxylic acids is 1. The maximum atomic E-state index is 12.4. The molecular formula is C17H13BrN8O2. The van der Waals surface area contributed by atoms with Gasteiger partial charge in [0, 0.05) is 10.0 Å². The van der Waals surface area contributed by atoms with Crippen LogP contribution >= 0.6 is 15.9 Å². The average Bonchev–Trinajstić information content (AvgIpc) is 2.67. The van der Waals surface area contributed by atoms with E-state index in [0.717, 1.165) is 0 Å². The lowest BCUT2D eigenvalue weighted by Gasteiger charge is -2.27. The van der Waals surface area contributed by atoms with E-state index in [-0.39, 0.29) is 34.4 Å². The van der Waals surface area contributed by atoms with Crippen LogP contribution in [0, 0.1) is 22.8 Å². The number of methoxy groups -OCH3 is 1. The van der Waals surface area contributed by atoms with Crippen molar-refractivity contribution in [2.75, 3.05) is 23.9 Å². The summed E-state index contributed by atoms with van der Waals surface area (Å²) in [7, 11) is 1.26. The minimum atomic E-state index is -0.848. The molecular weight excluding hydrogens is 428 g/mol. The van der Waals surface area contributed by atoms with Crippen molar-refractivity contribution >= 4 is 45.2 Å². The molecule has 140 valence electrons. The molecule has 1 aliphatic heterocycles. The largest absolute Gasteiger partial charge is 0.465 e. The minimum absolute atomic E-state index is 0.00653. The Morgan fingerprint density at radius 3 is 2.79 bits per heavy atom. The number of ether oxygens (including phenoxy) is 1. The molecule has 0 spiro atoms. The number of fused-ring (bicyclic) bond motifs is 1. The number of nitrogens with one attached hydrogen (secondary N) is 2. The predicted molar refractivity (Wildman–Crippen MR) is 105 cm³/mol. The lowest BCUT2D eigenvalue weighted by molar-refractivity contribution is 0.0598. The summed E-state index contributed by atoms with van der Waals surface area (Å²) < 4.78 is 5.38. The summed E-state index contributed by atoms with van der Waals surface area (Å²) in [4.78, 5) is 21.0. The number of guanidine groups is 1. The van der Waals surface area contributed by atoms with Crippen molar-refractivity contribution in [3.63, 3.8) is 0 Å². The second kappa shape index (κ2) is 7.42. The zero-order chi connectivity index (χ0) is 20.4. The quantitative estimate of drug-likeness (QED) is 0.306. The molecule has 1 aromatic heterocycles. The maximum Gasteiger partial charge on any atom is 0.339 e. The molecule has 0 saturated heterocycles. The number of nitrogens with zero attached hydrogens (tertiary/aromatic N) is 4. The summed E-state index contributed by atoms with van der Waals surface area (Å²) in [6, 6.07) is 6.15. The lowest BCUT2D eigenvalue weighted by Crippen LogP contribution is -2.33. The fourth-order valence-electron chi connectivity index (χ4n) is 2.89. The normalized spacial score (nSPS) is 14.6. The van der Waals surface area contributed by atoms with Crippen LogP contribution in [0.3, 0.4) is 0 Å². The molecule has 0 radical (unpaired) electrons. The number of nitrogens with two attached hydrogens (primary N) is 2. The van der Waals surface area contributed by atoms with Gasteiger partial charge in [-0.3, -0.25) is 5.32 Å². The Bertz CT molecular complexity index is 1100. The number of benzene rings is 1. The minimum Gasteiger partial charge on any atom is -0.465 e. The van der Waals surface area contributed by atoms with E-state index in [1.807, 2.05) is 6.07 Å². The summed E-state index contributed by atoms with van der Waals surface area (Å²) in [6.45, 7) is 0. The second-order valence-corrected chi connectivity index (χ2v) is 6.45. The summed E-state index contributed by atoms with van der Waals surface area (Å²) >= 11 is 3.35. The van der Waals surface area contributed by atoms with E-state index < -0.39 is 12.0 Å². The van der Waals surface area contributed by atoms with Crippen molar-refractivity contribution < 1.29 is 9.53 Å². The Kier molecular flexibility index (Phi) is 5.02. The number of pyridine rings is 1. The number of rotatable bonds is 2. The van der Waals surface area contributed by atoms with Crippen LogP contribution in [0.15, 0.2) is 27.7 Å². The van der Waals surface area contributed by atoms with Gasteiger partial charge in [0.15, 0.2) is 6.19 Å². The third kappa shape index (κ3) is 3.04. The first-order valence-corrected chi connectivity index (χ1v) is 8.57. The molecule has 1 aromatic carbocycles. The smallest absolute Gasteiger partial charge is 0.339 e. The Labute approximate surface area is 167 Å². The van der Waals surface area contributed by atoms with Gasteiger partial charge in [-0.2, -0.15) is 10.5 Å². The van der Waals surface area contributed by atoms with Crippen LogP contribution in [0.4, 0.5) is 17.3 Å². The third-order valence-corrected chi connectivity index (χ3v) is 4.75. The molecule has 2 heterocycles. The van der Waals surface area contributed by atoms with Crippen LogP contribution in [0.5, 0.6) is 0 Å².